The van der Waals surface area contributed by atoms with E-state index in [1.54, 1.807) is 19.1 Å². The number of rotatable bonds is 4. The highest BCUT2D eigenvalue weighted by Gasteiger charge is 2.33. The highest BCUT2D eigenvalue weighted by Crippen LogP contribution is 2.30. The first kappa shape index (κ1) is 18.5. The fourth-order valence-corrected chi connectivity index (χ4v) is 3.31. The molecule has 1 amide bonds. The van der Waals surface area contributed by atoms with Crippen LogP contribution in [0.1, 0.15) is 34.2 Å². The van der Waals surface area contributed by atoms with Crippen LogP contribution in [0, 0.1) is 0 Å². The van der Waals surface area contributed by atoms with E-state index in [0.29, 0.717) is 4.88 Å². The predicted molar refractivity (Wildman–Crippen MR) is 90.4 cm³/mol. The van der Waals surface area contributed by atoms with Gasteiger partial charge in [-0.3, -0.25) is 9.78 Å². The highest BCUT2D eigenvalue weighted by atomic mass is 79.9. The first-order valence-corrected chi connectivity index (χ1v) is 8.78. The third-order valence-electron chi connectivity index (χ3n) is 3.27. The number of halogens is 4. The number of pyridine rings is 1. The minimum absolute atomic E-state index is 0.0205. The number of alkyl halides is 3. The second kappa shape index (κ2) is 7.16. The molecule has 0 radical (unpaired) electrons. The summed E-state index contributed by atoms with van der Waals surface area (Å²) in [7, 11) is 0. The third-order valence-corrected chi connectivity index (χ3v) is 4.89. The molecule has 0 aromatic carbocycles. The van der Waals surface area contributed by atoms with Crippen molar-refractivity contribution in [3.63, 3.8) is 0 Å². The predicted octanol–water partition coefficient (Wildman–Crippen LogP) is 4.47. The fraction of sp³-hybridized carbons (Fsp3) is 0.200. The van der Waals surface area contributed by atoms with Crippen LogP contribution in [-0.2, 0) is 6.18 Å². The van der Waals surface area contributed by atoms with Crippen molar-refractivity contribution in [2.45, 2.75) is 19.1 Å². The van der Waals surface area contributed by atoms with Crippen LogP contribution in [0.2, 0.25) is 0 Å². The Kier molecular flexibility index (Phi) is 5.10. The van der Waals surface area contributed by atoms with Crippen LogP contribution < -0.4 is 5.32 Å². The number of amides is 1. The van der Waals surface area contributed by atoms with Crippen LogP contribution in [-0.4, -0.2) is 21.0 Å². The lowest BCUT2D eigenvalue weighted by molar-refractivity contribution is -0.141. The molecule has 3 rings (SSSR count). The van der Waals surface area contributed by atoms with Gasteiger partial charge in [0, 0.05) is 11.8 Å². The molecule has 0 aliphatic rings. The molecular formula is C15H10BrF3N4O2S. The van der Waals surface area contributed by atoms with Gasteiger partial charge < -0.3 is 9.84 Å². The average molecular weight is 447 g/mol. The van der Waals surface area contributed by atoms with E-state index in [-0.39, 0.29) is 23.2 Å². The number of thiophene rings is 1. The molecule has 0 saturated heterocycles. The van der Waals surface area contributed by atoms with Gasteiger partial charge in [0.05, 0.1) is 8.66 Å². The summed E-state index contributed by atoms with van der Waals surface area (Å²) in [4.78, 5) is 20.0. The number of carbonyl (C=O) groups excluding carboxylic acids is 1. The second-order valence-electron chi connectivity index (χ2n) is 5.18. The number of hydrogen-bond acceptors (Lipinski definition) is 6. The zero-order chi connectivity index (χ0) is 18.9. The Bertz CT molecular complexity index is 941. The molecule has 0 aliphatic carbocycles. The molecule has 0 bridgehead atoms. The quantitative estimate of drug-likeness (QED) is 0.639. The first-order valence-electron chi connectivity index (χ1n) is 7.17. The highest BCUT2D eigenvalue weighted by molar-refractivity contribution is 9.11. The van der Waals surface area contributed by atoms with Crippen LogP contribution in [0.3, 0.4) is 0 Å². The van der Waals surface area contributed by atoms with Gasteiger partial charge in [-0.15, -0.1) is 11.3 Å². The second-order valence-corrected chi connectivity index (χ2v) is 7.65. The van der Waals surface area contributed by atoms with Crippen LogP contribution in [0.4, 0.5) is 13.2 Å². The lowest BCUT2D eigenvalue weighted by Crippen LogP contribution is -2.26. The van der Waals surface area contributed by atoms with E-state index >= 15 is 0 Å². The molecule has 0 spiro atoms. The number of carbonyl (C=O) groups is 1. The van der Waals surface area contributed by atoms with E-state index in [1.807, 2.05) is 0 Å². The Hall–Kier alpha value is -2.27. The van der Waals surface area contributed by atoms with Crippen LogP contribution in [0.25, 0.3) is 11.4 Å². The molecule has 136 valence electrons. The Balaban J connectivity index is 1.76. The van der Waals surface area contributed by atoms with Gasteiger partial charge in [0.1, 0.15) is 11.7 Å². The number of hydrogen-bond donors (Lipinski definition) is 1. The van der Waals surface area contributed by atoms with Crippen LogP contribution in [0.5, 0.6) is 0 Å². The van der Waals surface area contributed by atoms with Gasteiger partial charge in [-0.2, -0.15) is 18.2 Å². The molecule has 1 unspecified atom stereocenters. The maximum atomic E-state index is 12.7. The summed E-state index contributed by atoms with van der Waals surface area (Å²) in [6.07, 6.45) is -3.55. The molecule has 3 aromatic rings. The lowest BCUT2D eigenvalue weighted by Gasteiger charge is -2.08. The van der Waals surface area contributed by atoms with Crippen molar-refractivity contribution in [3.05, 3.63) is 50.7 Å². The third kappa shape index (κ3) is 4.10. The van der Waals surface area contributed by atoms with Crippen molar-refractivity contribution >= 4 is 33.2 Å². The standard InChI is InChI=1S/C15H10BrF3N4O2S/c1-7(21-13(24)9-2-3-11(16)26-9)14-22-12(23-25-14)8-4-5-20-10(6-8)15(17,18)19/h2-7H,1H3,(H,21,24). The molecule has 6 nitrogen and oxygen atoms in total. The van der Waals surface area contributed by atoms with E-state index in [9.17, 15) is 18.0 Å². The summed E-state index contributed by atoms with van der Waals surface area (Å²) < 4.78 is 44.1. The lowest BCUT2D eigenvalue weighted by atomic mass is 10.2. The maximum Gasteiger partial charge on any atom is 0.433 e. The van der Waals surface area contributed by atoms with Gasteiger partial charge in [0.15, 0.2) is 0 Å². The van der Waals surface area contributed by atoms with E-state index in [1.165, 1.54) is 17.4 Å². The molecule has 1 N–H and O–H groups in total. The molecular weight excluding hydrogens is 437 g/mol. The summed E-state index contributed by atoms with van der Waals surface area (Å²) in [5.41, 5.74) is -0.936. The summed E-state index contributed by atoms with van der Waals surface area (Å²) in [5.74, 6) is -0.265. The average Bonchev–Trinajstić information content (AvgIpc) is 3.23. The minimum atomic E-state index is -4.57. The van der Waals surface area contributed by atoms with Crippen molar-refractivity contribution in [1.82, 2.24) is 20.4 Å². The zero-order valence-electron chi connectivity index (χ0n) is 13.0. The van der Waals surface area contributed by atoms with Crippen LogP contribution in [0.15, 0.2) is 38.8 Å². The normalized spacial score (nSPS) is 12.8. The Labute approximate surface area is 157 Å². The van der Waals surface area contributed by atoms with Crippen molar-refractivity contribution in [2.24, 2.45) is 0 Å². The maximum absolute atomic E-state index is 12.7. The fourth-order valence-electron chi connectivity index (χ4n) is 2.02. The van der Waals surface area contributed by atoms with E-state index in [4.69, 9.17) is 4.52 Å². The molecule has 0 fully saturated rings. The van der Waals surface area contributed by atoms with Gasteiger partial charge >= 0.3 is 6.18 Å². The minimum Gasteiger partial charge on any atom is -0.340 e. The zero-order valence-corrected chi connectivity index (χ0v) is 15.4. The Morgan fingerprint density at radius 3 is 2.77 bits per heavy atom. The van der Waals surface area contributed by atoms with Crippen molar-refractivity contribution < 1.29 is 22.5 Å². The molecule has 3 heterocycles. The van der Waals surface area contributed by atoms with Gasteiger partial charge in [-0.05, 0) is 47.1 Å². The molecule has 11 heteroatoms. The van der Waals surface area contributed by atoms with E-state index < -0.39 is 17.9 Å². The van der Waals surface area contributed by atoms with Crippen LogP contribution >= 0.6 is 27.3 Å². The van der Waals surface area contributed by atoms with E-state index in [2.05, 4.69) is 36.4 Å². The monoisotopic (exact) mass is 446 g/mol. The van der Waals surface area contributed by atoms with E-state index in [0.717, 1.165) is 16.0 Å². The van der Waals surface area contributed by atoms with Gasteiger partial charge in [-0.25, -0.2) is 0 Å². The number of nitrogens with zero attached hydrogens (tertiary/aromatic N) is 3. The number of nitrogens with one attached hydrogen (secondary N) is 1. The first-order chi connectivity index (χ1) is 12.2. The summed E-state index contributed by atoms with van der Waals surface area (Å²) in [5, 5.41) is 6.37. The summed E-state index contributed by atoms with van der Waals surface area (Å²) in [6.45, 7) is 1.63. The Morgan fingerprint density at radius 2 is 2.12 bits per heavy atom. The number of aromatic nitrogens is 3. The van der Waals surface area contributed by atoms with Gasteiger partial charge in [-0.1, -0.05) is 5.16 Å². The van der Waals surface area contributed by atoms with Crippen molar-refractivity contribution in [2.75, 3.05) is 0 Å². The molecule has 26 heavy (non-hydrogen) atoms. The smallest absolute Gasteiger partial charge is 0.340 e. The van der Waals surface area contributed by atoms with Gasteiger partial charge in [0.2, 0.25) is 11.7 Å². The molecule has 3 aromatic heterocycles. The molecule has 1 atom stereocenters. The summed E-state index contributed by atoms with van der Waals surface area (Å²) >= 11 is 4.54. The molecule has 0 aliphatic heterocycles. The van der Waals surface area contributed by atoms with Crippen molar-refractivity contribution in [3.8, 4) is 11.4 Å². The van der Waals surface area contributed by atoms with Crippen molar-refractivity contribution in [1.29, 1.82) is 0 Å². The molecule has 0 saturated carbocycles. The Morgan fingerprint density at radius 1 is 1.35 bits per heavy atom. The SMILES string of the molecule is CC(NC(=O)c1ccc(Br)s1)c1nc(-c2ccnc(C(F)(F)F)c2)no1. The topological polar surface area (TPSA) is 80.9 Å². The van der Waals surface area contributed by atoms with Gasteiger partial charge in [0.25, 0.3) is 5.91 Å². The summed E-state index contributed by atoms with van der Waals surface area (Å²) in [6, 6.07) is 4.97. The largest absolute Gasteiger partial charge is 0.433 e.